The van der Waals surface area contributed by atoms with Crippen molar-refractivity contribution in [3.63, 3.8) is 0 Å². The van der Waals surface area contributed by atoms with E-state index < -0.39 is 0 Å². The molecule has 0 aromatic carbocycles. The van der Waals surface area contributed by atoms with Gasteiger partial charge in [0.1, 0.15) is 11.6 Å². The molecule has 6 heteroatoms. The number of nitrogens with one attached hydrogen (secondary N) is 1. The maximum atomic E-state index is 12.7. The van der Waals surface area contributed by atoms with Crippen LogP contribution in [0.2, 0.25) is 0 Å². The van der Waals surface area contributed by atoms with Crippen LogP contribution in [0.15, 0.2) is 24.5 Å². The van der Waals surface area contributed by atoms with Crippen LogP contribution >= 0.6 is 0 Å². The van der Waals surface area contributed by atoms with Crippen molar-refractivity contribution in [2.24, 2.45) is 0 Å². The van der Waals surface area contributed by atoms with Gasteiger partial charge in [0.05, 0.1) is 11.3 Å². The number of aryl methyl sites for hydroxylation is 1. The molecule has 0 spiro atoms. The average molecular weight is 341 g/mol. The largest absolute Gasteiger partial charge is 0.362 e. The second-order valence-electron chi connectivity index (χ2n) is 7.92. The fraction of sp³-hybridized carbons (Fsp3) is 0.526. The standard InChI is InChI=1S/C19H27N5O/c1-19(2,3)15-12-24-11-13(8-9-16(24)22-15)21-18(25)14-7-6-10-20-17(14)23(4)5/h6-7,10,12-13H,8-9,11H2,1-5H3,(H,21,25)/t13-/m1/s1. The van der Waals surface area contributed by atoms with Gasteiger partial charge in [0.15, 0.2) is 0 Å². The maximum Gasteiger partial charge on any atom is 0.255 e. The Kier molecular flexibility index (Phi) is 4.54. The van der Waals surface area contributed by atoms with E-state index in [2.05, 4.69) is 41.8 Å². The summed E-state index contributed by atoms with van der Waals surface area (Å²) in [4.78, 5) is 23.6. The third kappa shape index (κ3) is 3.67. The molecule has 1 atom stereocenters. The van der Waals surface area contributed by atoms with E-state index in [0.29, 0.717) is 11.4 Å². The lowest BCUT2D eigenvalue weighted by Crippen LogP contribution is -2.41. The summed E-state index contributed by atoms with van der Waals surface area (Å²) in [7, 11) is 3.79. The number of hydrogen-bond donors (Lipinski definition) is 1. The summed E-state index contributed by atoms with van der Waals surface area (Å²) in [6.07, 6.45) is 5.62. The van der Waals surface area contributed by atoms with Crippen LogP contribution < -0.4 is 10.2 Å². The molecule has 2 aromatic rings. The van der Waals surface area contributed by atoms with Crippen LogP contribution in [0.3, 0.4) is 0 Å². The van der Waals surface area contributed by atoms with Gasteiger partial charge < -0.3 is 14.8 Å². The van der Waals surface area contributed by atoms with Crippen LogP contribution in [0.25, 0.3) is 0 Å². The van der Waals surface area contributed by atoms with Crippen molar-refractivity contribution in [2.45, 2.75) is 51.6 Å². The first-order valence-corrected chi connectivity index (χ1v) is 8.75. The number of carbonyl (C=O) groups excluding carboxylic acids is 1. The van der Waals surface area contributed by atoms with Gasteiger partial charge in [-0.3, -0.25) is 4.79 Å². The normalized spacial score (nSPS) is 17.1. The molecular weight excluding hydrogens is 314 g/mol. The van der Waals surface area contributed by atoms with Gasteiger partial charge in [-0.25, -0.2) is 9.97 Å². The van der Waals surface area contributed by atoms with Crippen molar-refractivity contribution in [3.8, 4) is 0 Å². The van der Waals surface area contributed by atoms with Crippen molar-refractivity contribution in [3.05, 3.63) is 41.6 Å². The number of nitrogens with zero attached hydrogens (tertiary/aromatic N) is 4. The smallest absolute Gasteiger partial charge is 0.255 e. The second kappa shape index (κ2) is 6.50. The molecule has 25 heavy (non-hydrogen) atoms. The zero-order valence-corrected chi connectivity index (χ0v) is 15.7. The van der Waals surface area contributed by atoms with E-state index in [1.807, 2.05) is 25.1 Å². The predicted octanol–water partition coefficient (Wildman–Crippen LogP) is 2.39. The molecule has 2 aromatic heterocycles. The number of carbonyl (C=O) groups is 1. The van der Waals surface area contributed by atoms with Gasteiger partial charge >= 0.3 is 0 Å². The summed E-state index contributed by atoms with van der Waals surface area (Å²) in [6, 6.07) is 3.73. The van der Waals surface area contributed by atoms with Gasteiger partial charge in [-0.2, -0.15) is 0 Å². The molecule has 0 radical (unpaired) electrons. The van der Waals surface area contributed by atoms with E-state index in [-0.39, 0.29) is 17.4 Å². The van der Waals surface area contributed by atoms with E-state index in [4.69, 9.17) is 4.98 Å². The first-order chi connectivity index (χ1) is 11.8. The van der Waals surface area contributed by atoms with Crippen LogP contribution in [0.5, 0.6) is 0 Å². The molecule has 1 aliphatic heterocycles. The van der Waals surface area contributed by atoms with Crippen molar-refractivity contribution < 1.29 is 4.79 Å². The quantitative estimate of drug-likeness (QED) is 0.931. The number of aromatic nitrogens is 3. The third-order valence-corrected chi connectivity index (χ3v) is 4.55. The Labute approximate surface area is 149 Å². The molecule has 0 saturated heterocycles. The van der Waals surface area contributed by atoms with E-state index >= 15 is 0 Å². The molecule has 0 bridgehead atoms. The Morgan fingerprint density at radius 2 is 2.12 bits per heavy atom. The van der Waals surface area contributed by atoms with Crippen LogP contribution in [0, 0.1) is 0 Å². The first kappa shape index (κ1) is 17.5. The Hall–Kier alpha value is -2.37. The number of imidazole rings is 1. The topological polar surface area (TPSA) is 63.1 Å². The number of anilines is 1. The van der Waals surface area contributed by atoms with Crippen molar-refractivity contribution in [1.82, 2.24) is 19.9 Å². The van der Waals surface area contributed by atoms with E-state index in [1.54, 1.807) is 12.3 Å². The number of hydrogen-bond acceptors (Lipinski definition) is 4. The zero-order valence-electron chi connectivity index (χ0n) is 15.7. The van der Waals surface area contributed by atoms with E-state index in [0.717, 1.165) is 30.9 Å². The zero-order chi connectivity index (χ0) is 18.2. The molecule has 6 nitrogen and oxygen atoms in total. The second-order valence-corrected chi connectivity index (χ2v) is 7.92. The highest BCUT2D eigenvalue weighted by molar-refractivity contribution is 5.99. The van der Waals surface area contributed by atoms with Crippen molar-refractivity contribution in [1.29, 1.82) is 0 Å². The predicted molar refractivity (Wildman–Crippen MR) is 99.1 cm³/mol. The molecule has 3 heterocycles. The lowest BCUT2D eigenvalue weighted by molar-refractivity contribution is 0.0928. The maximum absolute atomic E-state index is 12.7. The Morgan fingerprint density at radius 1 is 1.36 bits per heavy atom. The summed E-state index contributed by atoms with van der Waals surface area (Å²) >= 11 is 0. The van der Waals surface area contributed by atoms with E-state index in [1.165, 1.54) is 0 Å². The van der Waals surface area contributed by atoms with Crippen LogP contribution in [-0.4, -0.2) is 40.6 Å². The highest BCUT2D eigenvalue weighted by Gasteiger charge is 2.26. The fourth-order valence-electron chi connectivity index (χ4n) is 3.12. The molecule has 0 fully saturated rings. The lowest BCUT2D eigenvalue weighted by atomic mass is 9.93. The van der Waals surface area contributed by atoms with Gasteiger partial charge in [0.25, 0.3) is 5.91 Å². The number of amides is 1. The monoisotopic (exact) mass is 341 g/mol. The minimum absolute atomic E-state index is 0.0411. The molecule has 0 aliphatic carbocycles. The average Bonchev–Trinajstić information content (AvgIpc) is 2.98. The molecular formula is C19H27N5O. The first-order valence-electron chi connectivity index (χ1n) is 8.75. The highest BCUT2D eigenvalue weighted by atomic mass is 16.1. The van der Waals surface area contributed by atoms with Gasteiger partial charge in [0, 0.05) is 50.9 Å². The molecule has 0 unspecified atom stereocenters. The summed E-state index contributed by atoms with van der Waals surface area (Å²) in [6.45, 7) is 7.28. The third-order valence-electron chi connectivity index (χ3n) is 4.55. The number of rotatable bonds is 3. The lowest BCUT2D eigenvalue weighted by Gasteiger charge is -2.25. The Balaban J connectivity index is 1.73. The van der Waals surface area contributed by atoms with Crippen LogP contribution in [-0.2, 0) is 18.4 Å². The SMILES string of the molecule is CN(C)c1ncccc1C(=O)N[C@@H]1CCc2nc(C(C)(C)C)cn2C1. The molecule has 1 amide bonds. The van der Waals surface area contributed by atoms with Crippen LogP contribution in [0.1, 0.15) is 49.1 Å². The summed E-state index contributed by atoms with van der Waals surface area (Å²) < 4.78 is 2.19. The molecule has 134 valence electrons. The minimum Gasteiger partial charge on any atom is -0.362 e. The fourth-order valence-corrected chi connectivity index (χ4v) is 3.12. The Bertz CT molecular complexity index is 772. The van der Waals surface area contributed by atoms with Gasteiger partial charge in [-0.05, 0) is 18.6 Å². The van der Waals surface area contributed by atoms with Gasteiger partial charge in [-0.1, -0.05) is 20.8 Å². The highest BCUT2D eigenvalue weighted by Crippen LogP contribution is 2.24. The van der Waals surface area contributed by atoms with Gasteiger partial charge in [-0.15, -0.1) is 0 Å². The molecule has 3 rings (SSSR count). The van der Waals surface area contributed by atoms with Crippen molar-refractivity contribution >= 4 is 11.7 Å². The van der Waals surface area contributed by atoms with Crippen LogP contribution in [0.4, 0.5) is 5.82 Å². The minimum atomic E-state index is -0.0681. The summed E-state index contributed by atoms with van der Waals surface area (Å²) in [5.74, 6) is 1.74. The molecule has 0 saturated carbocycles. The number of fused-ring (bicyclic) bond motifs is 1. The Morgan fingerprint density at radius 3 is 2.80 bits per heavy atom. The van der Waals surface area contributed by atoms with Crippen molar-refractivity contribution in [2.75, 3.05) is 19.0 Å². The van der Waals surface area contributed by atoms with E-state index in [9.17, 15) is 4.79 Å². The summed E-state index contributed by atoms with van der Waals surface area (Å²) in [5, 5.41) is 3.17. The summed E-state index contributed by atoms with van der Waals surface area (Å²) in [5.41, 5.74) is 1.76. The molecule has 1 aliphatic rings. The van der Waals surface area contributed by atoms with Gasteiger partial charge in [0.2, 0.25) is 0 Å². The molecule has 1 N–H and O–H groups in total. The number of pyridine rings is 1.